The van der Waals surface area contributed by atoms with Gasteiger partial charge >= 0.3 is 0 Å². The summed E-state index contributed by atoms with van der Waals surface area (Å²) in [4.78, 5) is 14.7. The SMILES string of the molecule is CCOCC[C@H]1CN(C2=Nc3ccccc3Nc3sc(C)nc32)CCN1C. The second-order valence-corrected chi connectivity index (χ2v) is 8.26. The first-order chi connectivity index (χ1) is 13.2. The van der Waals surface area contributed by atoms with Gasteiger partial charge in [-0.05, 0) is 39.4 Å². The highest BCUT2D eigenvalue weighted by Crippen LogP contribution is 2.37. The molecule has 0 radical (unpaired) electrons. The topological polar surface area (TPSA) is 53.0 Å². The van der Waals surface area contributed by atoms with Gasteiger partial charge in [0, 0.05) is 38.9 Å². The Kier molecular flexibility index (Phi) is 5.43. The average Bonchev–Trinajstić information content (AvgIpc) is 2.95. The fourth-order valence-electron chi connectivity index (χ4n) is 3.66. The van der Waals surface area contributed by atoms with Crippen LogP contribution in [0, 0.1) is 6.92 Å². The third-order valence-corrected chi connectivity index (χ3v) is 6.09. The van der Waals surface area contributed by atoms with Gasteiger partial charge in [0.25, 0.3) is 0 Å². The molecule has 4 rings (SSSR count). The van der Waals surface area contributed by atoms with Crippen LogP contribution in [0.25, 0.3) is 0 Å². The summed E-state index contributed by atoms with van der Waals surface area (Å²) < 4.78 is 5.60. The van der Waals surface area contributed by atoms with E-state index >= 15 is 0 Å². The number of aryl methyl sites for hydroxylation is 1. The molecule has 144 valence electrons. The van der Waals surface area contributed by atoms with E-state index in [4.69, 9.17) is 14.7 Å². The van der Waals surface area contributed by atoms with Crippen LogP contribution in [0.3, 0.4) is 0 Å². The van der Waals surface area contributed by atoms with Crippen molar-refractivity contribution in [3.8, 4) is 0 Å². The molecule has 1 N–H and O–H groups in total. The van der Waals surface area contributed by atoms with Gasteiger partial charge in [-0.2, -0.15) is 0 Å². The van der Waals surface area contributed by atoms with E-state index < -0.39 is 0 Å². The number of ether oxygens (including phenoxy) is 1. The van der Waals surface area contributed by atoms with Crippen molar-refractivity contribution in [3.63, 3.8) is 0 Å². The van der Waals surface area contributed by atoms with Gasteiger partial charge in [0.15, 0.2) is 5.84 Å². The number of hydrogen-bond acceptors (Lipinski definition) is 7. The Morgan fingerprint density at radius 2 is 2.15 bits per heavy atom. The molecule has 0 aliphatic carbocycles. The number of benzene rings is 1. The molecule has 0 saturated carbocycles. The maximum Gasteiger partial charge on any atom is 0.158 e. The van der Waals surface area contributed by atoms with E-state index in [-0.39, 0.29) is 0 Å². The van der Waals surface area contributed by atoms with Gasteiger partial charge in [0.05, 0.1) is 16.4 Å². The number of nitrogens with zero attached hydrogens (tertiary/aromatic N) is 4. The molecule has 2 aromatic rings. The highest BCUT2D eigenvalue weighted by molar-refractivity contribution is 7.16. The van der Waals surface area contributed by atoms with Crippen LogP contribution in [0.1, 0.15) is 24.0 Å². The van der Waals surface area contributed by atoms with Crippen molar-refractivity contribution in [2.45, 2.75) is 26.3 Å². The van der Waals surface area contributed by atoms with Crippen molar-refractivity contribution in [2.75, 3.05) is 45.2 Å². The second-order valence-electron chi connectivity index (χ2n) is 7.05. The Bertz CT molecular complexity index is 834. The quantitative estimate of drug-likeness (QED) is 0.815. The molecule has 2 aliphatic rings. The molecule has 3 heterocycles. The van der Waals surface area contributed by atoms with E-state index in [2.05, 4.69) is 41.2 Å². The zero-order valence-corrected chi connectivity index (χ0v) is 17.1. The summed E-state index contributed by atoms with van der Waals surface area (Å²) in [7, 11) is 2.21. The molecular formula is C20H27N5OS. The molecule has 0 amide bonds. The van der Waals surface area contributed by atoms with Gasteiger partial charge in [-0.15, -0.1) is 11.3 Å². The van der Waals surface area contributed by atoms with Gasteiger partial charge < -0.3 is 15.0 Å². The van der Waals surface area contributed by atoms with Crippen molar-refractivity contribution in [1.82, 2.24) is 14.8 Å². The third kappa shape index (κ3) is 3.85. The lowest BCUT2D eigenvalue weighted by Crippen LogP contribution is -2.53. The predicted octanol–water partition coefficient (Wildman–Crippen LogP) is 3.63. The molecule has 0 bridgehead atoms. The largest absolute Gasteiger partial charge is 0.382 e. The first-order valence-electron chi connectivity index (χ1n) is 9.61. The van der Waals surface area contributed by atoms with Gasteiger partial charge in [-0.1, -0.05) is 12.1 Å². The zero-order valence-electron chi connectivity index (χ0n) is 16.2. The van der Waals surface area contributed by atoms with Crippen LogP contribution in [-0.2, 0) is 4.74 Å². The molecule has 7 heteroatoms. The van der Waals surface area contributed by atoms with Crippen LogP contribution in [0.4, 0.5) is 16.4 Å². The van der Waals surface area contributed by atoms with Crippen LogP contribution in [-0.4, -0.2) is 66.6 Å². The molecule has 1 aromatic carbocycles. The number of nitrogens with one attached hydrogen (secondary N) is 1. The summed E-state index contributed by atoms with van der Waals surface area (Å²) in [6, 6.07) is 8.68. The highest BCUT2D eigenvalue weighted by Gasteiger charge is 2.30. The van der Waals surface area contributed by atoms with Crippen molar-refractivity contribution >= 4 is 33.5 Å². The van der Waals surface area contributed by atoms with E-state index in [0.29, 0.717) is 6.04 Å². The van der Waals surface area contributed by atoms with Crippen molar-refractivity contribution in [3.05, 3.63) is 35.0 Å². The molecule has 1 saturated heterocycles. The Hall–Kier alpha value is -1.96. The number of anilines is 2. The minimum absolute atomic E-state index is 0.461. The summed E-state index contributed by atoms with van der Waals surface area (Å²) in [6.07, 6.45) is 1.03. The third-order valence-electron chi connectivity index (χ3n) is 5.20. The fourth-order valence-corrected chi connectivity index (χ4v) is 4.49. The number of aliphatic imine (C=N–C) groups is 1. The van der Waals surface area contributed by atoms with E-state index in [1.54, 1.807) is 11.3 Å². The molecule has 1 atom stereocenters. The fraction of sp³-hybridized carbons (Fsp3) is 0.500. The zero-order chi connectivity index (χ0) is 18.8. The molecule has 2 aliphatic heterocycles. The lowest BCUT2D eigenvalue weighted by atomic mass is 10.1. The Balaban J connectivity index is 1.65. The first kappa shape index (κ1) is 18.4. The summed E-state index contributed by atoms with van der Waals surface area (Å²) in [5, 5.41) is 5.68. The van der Waals surface area contributed by atoms with Crippen molar-refractivity contribution in [2.24, 2.45) is 4.99 Å². The van der Waals surface area contributed by atoms with Crippen molar-refractivity contribution < 1.29 is 4.74 Å². The molecule has 0 unspecified atom stereocenters. The monoisotopic (exact) mass is 385 g/mol. The Morgan fingerprint density at radius 3 is 3.00 bits per heavy atom. The molecule has 1 fully saturated rings. The second kappa shape index (κ2) is 7.96. The standard InChI is InChI=1S/C20H27N5OS/c1-4-26-12-9-15-13-25(11-10-24(15)3)19-18-20(27-14(2)21-18)23-17-8-6-5-7-16(17)22-19/h5-8,15,23H,4,9-13H2,1-3H3/t15-/m0/s1. The minimum atomic E-state index is 0.461. The van der Waals surface area contributed by atoms with Crippen LogP contribution < -0.4 is 5.32 Å². The van der Waals surface area contributed by atoms with Crippen molar-refractivity contribution in [1.29, 1.82) is 0 Å². The molecule has 0 spiro atoms. The van der Waals surface area contributed by atoms with E-state index in [9.17, 15) is 0 Å². The minimum Gasteiger partial charge on any atom is -0.382 e. The normalized spacial score (nSPS) is 19.7. The Labute approximate surface area is 164 Å². The number of hydrogen-bond donors (Lipinski definition) is 1. The molecule has 1 aromatic heterocycles. The van der Waals surface area contributed by atoms with E-state index in [0.717, 1.165) is 72.2 Å². The lowest BCUT2D eigenvalue weighted by Gasteiger charge is -2.40. The van der Waals surface area contributed by atoms with E-state index in [1.807, 2.05) is 19.1 Å². The number of thiazole rings is 1. The van der Waals surface area contributed by atoms with Gasteiger partial charge in [0.1, 0.15) is 10.7 Å². The average molecular weight is 386 g/mol. The predicted molar refractivity (Wildman–Crippen MR) is 112 cm³/mol. The summed E-state index contributed by atoms with van der Waals surface area (Å²) in [6.45, 7) is 8.60. The highest BCUT2D eigenvalue weighted by atomic mass is 32.1. The van der Waals surface area contributed by atoms with Gasteiger partial charge in [-0.25, -0.2) is 9.98 Å². The number of para-hydroxylation sites is 2. The van der Waals surface area contributed by atoms with Gasteiger partial charge in [-0.3, -0.25) is 4.90 Å². The molecule has 6 nitrogen and oxygen atoms in total. The molecule has 27 heavy (non-hydrogen) atoms. The number of likely N-dealkylation sites (N-methyl/N-ethyl adjacent to an activating group) is 1. The number of aromatic nitrogens is 1. The van der Waals surface area contributed by atoms with Crippen LogP contribution in [0.15, 0.2) is 29.3 Å². The first-order valence-corrected chi connectivity index (χ1v) is 10.4. The Morgan fingerprint density at radius 1 is 1.30 bits per heavy atom. The number of rotatable bonds is 4. The van der Waals surface area contributed by atoms with Gasteiger partial charge in [0.2, 0.25) is 0 Å². The molecular weight excluding hydrogens is 358 g/mol. The van der Waals surface area contributed by atoms with Crippen LogP contribution in [0.2, 0.25) is 0 Å². The summed E-state index contributed by atoms with van der Waals surface area (Å²) in [5.41, 5.74) is 2.99. The van der Waals surface area contributed by atoms with Crippen LogP contribution >= 0.6 is 11.3 Å². The number of piperazine rings is 1. The number of fused-ring (bicyclic) bond motifs is 2. The maximum atomic E-state index is 5.60. The smallest absolute Gasteiger partial charge is 0.158 e. The summed E-state index contributed by atoms with van der Waals surface area (Å²) >= 11 is 1.69. The summed E-state index contributed by atoms with van der Waals surface area (Å²) in [5.74, 6) is 0.987. The van der Waals surface area contributed by atoms with Crippen LogP contribution in [0.5, 0.6) is 0 Å². The maximum absolute atomic E-state index is 5.60. The lowest BCUT2D eigenvalue weighted by molar-refractivity contribution is 0.0843. The number of amidine groups is 1. The van der Waals surface area contributed by atoms with E-state index in [1.165, 1.54) is 0 Å².